The van der Waals surface area contributed by atoms with Gasteiger partial charge in [-0.2, -0.15) is 0 Å². The van der Waals surface area contributed by atoms with Crippen LogP contribution in [0.15, 0.2) is 120 Å². The molecule has 2 aliphatic heterocycles. The minimum absolute atomic E-state index is 0.00354. The van der Waals surface area contributed by atoms with Crippen molar-refractivity contribution in [1.29, 1.82) is 0 Å². The maximum absolute atomic E-state index is 13.2. The normalized spacial score (nSPS) is 19.2. The van der Waals surface area contributed by atoms with Crippen LogP contribution in [0.3, 0.4) is 0 Å². The van der Waals surface area contributed by atoms with Gasteiger partial charge in [-0.25, -0.2) is 4.99 Å². The van der Waals surface area contributed by atoms with Gasteiger partial charge < -0.3 is 0 Å². The molecule has 0 aliphatic carbocycles. The summed E-state index contributed by atoms with van der Waals surface area (Å²) in [4.78, 5) is 19.5. The summed E-state index contributed by atoms with van der Waals surface area (Å²) in [6.45, 7) is 0. The minimum Gasteiger partial charge on any atom is -0.298 e. The van der Waals surface area contributed by atoms with E-state index in [0.717, 1.165) is 22.6 Å². The number of aliphatic imine (C=N–C) groups is 1. The predicted molar refractivity (Wildman–Crippen MR) is 132 cm³/mol. The van der Waals surface area contributed by atoms with Gasteiger partial charge in [0.2, 0.25) is 0 Å². The Bertz CT molecular complexity index is 1210. The van der Waals surface area contributed by atoms with E-state index in [1.165, 1.54) is 11.8 Å². The highest BCUT2D eigenvalue weighted by atomic mass is 32.2. The third kappa shape index (κ3) is 3.81. The molecule has 158 valence electrons. The van der Waals surface area contributed by atoms with Crippen molar-refractivity contribution >= 4 is 34.2 Å². The molecule has 1 amide bonds. The fourth-order valence-corrected chi connectivity index (χ4v) is 4.43. The molecule has 1 unspecified atom stereocenters. The molecule has 0 saturated heterocycles. The van der Waals surface area contributed by atoms with Gasteiger partial charge in [-0.15, -0.1) is 0 Å². The largest absolute Gasteiger partial charge is 0.298 e. The van der Waals surface area contributed by atoms with E-state index in [0.29, 0.717) is 10.9 Å². The van der Waals surface area contributed by atoms with Crippen molar-refractivity contribution in [2.24, 2.45) is 4.99 Å². The smallest absolute Gasteiger partial charge is 0.283 e. The number of anilines is 2. The SMILES string of the molecule is CSC1=N/C(=C\C2=CC(c3ccccc3)N(c3ccccc3)N2)C(=O)N1c1ccccc1. The first-order valence-corrected chi connectivity index (χ1v) is 11.6. The van der Waals surface area contributed by atoms with Crippen LogP contribution in [0.1, 0.15) is 11.6 Å². The van der Waals surface area contributed by atoms with Crippen LogP contribution in [0.25, 0.3) is 0 Å². The molecule has 6 heteroatoms. The molecule has 2 heterocycles. The molecule has 1 N–H and O–H groups in total. The number of amides is 1. The molecule has 32 heavy (non-hydrogen) atoms. The van der Waals surface area contributed by atoms with Gasteiger partial charge in [-0.1, -0.05) is 78.5 Å². The molecule has 0 bridgehead atoms. The van der Waals surface area contributed by atoms with Crippen LogP contribution in [0, 0.1) is 0 Å². The van der Waals surface area contributed by atoms with Gasteiger partial charge >= 0.3 is 0 Å². The van der Waals surface area contributed by atoms with Crippen molar-refractivity contribution in [3.63, 3.8) is 0 Å². The summed E-state index contributed by atoms with van der Waals surface area (Å²) in [5, 5.41) is 2.78. The number of rotatable bonds is 4. The maximum Gasteiger partial charge on any atom is 0.283 e. The van der Waals surface area contributed by atoms with Crippen molar-refractivity contribution in [3.05, 3.63) is 120 Å². The standard InChI is InChI=1S/C26H22N4OS/c1-32-26-27-23(25(31)29(26)21-13-7-3-8-14-21)17-20-18-24(19-11-5-2-6-12-19)30(28-20)22-15-9-4-10-16-22/h2-18,24,28H,1H3/b23-17-. The first-order chi connectivity index (χ1) is 15.7. The van der Waals surface area contributed by atoms with E-state index in [2.05, 4.69) is 45.8 Å². The highest BCUT2D eigenvalue weighted by Gasteiger charge is 2.32. The molecule has 0 saturated carbocycles. The fourth-order valence-electron chi connectivity index (χ4n) is 3.87. The van der Waals surface area contributed by atoms with Gasteiger partial charge in [0.15, 0.2) is 5.17 Å². The van der Waals surface area contributed by atoms with Crippen LogP contribution in [-0.2, 0) is 4.79 Å². The predicted octanol–water partition coefficient (Wildman–Crippen LogP) is 5.29. The van der Waals surface area contributed by atoms with E-state index in [9.17, 15) is 4.79 Å². The van der Waals surface area contributed by atoms with Gasteiger partial charge in [0.25, 0.3) is 5.91 Å². The Morgan fingerprint density at radius 1 is 0.875 bits per heavy atom. The molecule has 3 aromatic carbocycles. The van der Waals surface area contributed by atoms with E-state index in [-0.39, 0.29) is 11.9 Å². The number of benzene rings is 3. The molecule has 0 radical (unpaired) electrons. The first-order valence-electron chi connectivity index (χ1n) is 10.4. The molecule has 0 spiro atoms. The zero-order valence-electron chi connectivity index (χ0n) is 17.6. The quantitative estimate of drug-likeness (QED) is 0.563. The second kappa shape index (κ2) is 8.77. The van der Waals surface area contributed by atoms with Gasteiger partial charge in [0.1, 0.15) is 5.70 Å². The summed E-state index contributed by atoms with van der Waals surface area (Å²) in [5.74, 6) is -0.127. The second-order valence-corrected chi connectivity index (χ2v) is 8.17. The number of thioether (sulfide) groups is 1. The van der Waals surface area contributed by atoms with E-state index < -0.39 is 0 Å². The summed E-state index contributed by atoms with van der Waals surface area (Å²) in [6.07, 6.45) is 5.89. The van der Waals surface area contributed by atoms with Crippen LogP contribution >= 0.6 is 11.8 Å². The van der Waals surface area contributed by atoms with Gasteiger partial charge in [0.05, 0.1) is 23.1 Å². The van der Waals surface area contributed by atoms with Crippen molar-refractivity contribution in [2.45, 2.75) is 6.04 Å². The van der Waals surface area contributed by atoms with E-state index in [4.69, 9.17) is 0 Å². The monoisotopic (exact) mass is 438 g/mol. The second-order valence-electron chi connectivity index (χ2n) is 7.40. The Morgan fingerprint density at radius 2 is 1.47 bits per heavy atom. The number of hydrazine groups is 1. The van der Waals surface area contributed by atoms with Crippen LogP contribution < -0.4 is 15.3 Å². The number of carbonyl (C=O) groups is 1. The van der Waals surface area contributed by atoms with Crippen LogP contribution in [0.2, 0.25) is 0 Å². The zero-order valence-corrected chi connectivity index (χ0v) is 18.4. The molecular weight excluding hydrogens is 416 g/mol. The number of hydrogen-bond donors (Lipinski definition) is 1. The molecule has 0 fully saturated rings. The summed E-state index contributed by atoms with van der Waals surface area (Å²) >= 11 is 1.46. The molecule has 1 atom stereocenters. The Labute approximate surface area is 191 Å². The van der Waals surface area contributed by atoms with Crippen molar-refractivity contribution < 1.29 is 4.79 Å². The van der Waals surface area contributed by atoms with Crippen LogP contribution in [0.5, 0.6) is 0 Å². The Hall–Kier alpha value is -3.77. The van der Waals surface area contributed by atoms with Gasteiger partial charge in [0, 0.05) is 0 Å². The Morgan fingerprint density at radius 3 is 2.09 bits per heavy atom. The van der Waals surface area contributed by atoms with Crippen molar-refractivity contribution in [1.82, 2.24) is 5.43 Å². The van der Waals surface area contributed by atoms with E-state index >= 15 is 0 Å². The number of amidine groups is 1. The lowest BCUT2D eigenvalue weighted by Crippen LogP contribution is -2.34. The van der Waals surface area contributed by atoms with Crippen molar-refractivity contribution in [2.75, 3.05) is 16.2 Å². The Balaban J connectivity index is 1.49. The summed E-state index contributed by atoms with van der Waals surface area (Å²) in [7, 11) is 0. The summed E-state index contributed by atoms with van der Waals surface area (Å²) < 4.78 is 0. The summed E-state index contributed by atoms with van der Waals surface area (Å²) in [6, 6.07) is 30.1. The fraction of sp³-hybridized carbons (Fsp3) is 0.0769. The lowest BCUT2D eigenvalue weighted by atomic mass is 10.1. The maximum atomic E-state index is 13.2. The van der Waals surface area contributed by atoms with Crippen molar-refractivity contribution in [3.8, 4) is 0 Å². The molecule has 5 rings (SSSR count). The van der Waals surface area contributed by atoms with E-state index in [1.54, 1.807) is 4.90 Å². The number of carbonyl (C=O) groups excluding carboxylic acids is 1. The topological polar surface area (TPSA) is 47.9 Å². The minimum atomic E-state index is -0.127. The average molecular weight is 439 g/mol. The third-order valence-corrected chi connectivity index (χ3v) is 6.00. The first kappa shape index (κ1) is 20.2. The lowest BCUT2D eigenvalue weighted by molar-refractivity contribution is -0.113. The summed E-state index contributed by atoms with van der Waals surface area (Å²) in [5.41, 5.74) is 7.74. The number of para-hydroxylation sites is 2. The lowest BCUT2D eigenvalue weighted by Gasteiger charge is -2.27. The number of allylic oxidation sites excluding steroid dienone is 1. The van der Waals surface area contributed by atoms with E-state index in [1.807, 2.05) is 79.1 Å². The van der Waals surface area contributed by atoms with Crippen LogP contribution in [-0.4, -0.2) is 17.3 Å². The molecule has 5 nitrogen and oxygen atoms in total. The van der Waals surface area contributed by atoms with Gasteiger partial charge in [-0.05, 0) is 48.2 Å². The molecule has 3 aromatic rings. The molecular formula is C26H22N4OS. The van der Waals surface area contributed by atoms with Gasteiger partial charge in [-0.3, -0.25) is 20.1 Å². The molecule has 2 aliphatic rings. The average Bonchev–Trinajstić information content (AvgIpc) is 3.42. The number of hydrogen-bond acceptors (Lipinski definition) is 5. The van der Waals surface area contributed by atoms with Crippen LogP contribution in [0.4, 0.5) is 11.4 Å². The molecule has 0 aromatic heterocycles. The highest BCUT2D eigenvalue weighted by molar-refractivity contribution is 8.13. The Kier molecular flexibility index (Phi) is 5.52. The third-order valence-electron chi connectivity index (χ3n) is 5.36. The zero-order chi connectivity index (χ0) is 21.9. The highest BCUT2D eigenvalue weighted by Crippen LogP contribution is 2.33. The number of nitrogens with zero attached hydrogens (tertiary/aromatic N) is 3. The number of nitrogens with one attached hydrogen (secondary N) is 1.